The summed E-state index contributed by atoms with van der Waals surface area (Å²) in [4.78, 5) is 12.9. The Morgan fingerprint density at radius 2 is 2.06 bits per heavy atom. The van der Waals surface area contributed by atoms with E-state index in [0.717, 1.165) is 44.1 Å². The average molecular weight is 231 g/mol. The van der Waals surface area contributed by atoms with E-state index in [0.29, 0.717) is 6.54 Å². The number of hydrogen-bond acceptors (Lipinski definition) is 5. The van der Waals surface area contributed by atoms with Gasteiger partial charge in [0.15, 0.2) is 0 Å². The van der Waals surface area contributed by atoms with Crippen LogP contribution in [-0.2, 0) is 6.42 Å². The van der Waals surface area contributed by atoms with Gasteiger partial charge in [-0.2, -0.15) is 5.26 Å². The maximum atomic E-state index is 8.64. The smallest absolute Gasteiger partial charge is 0.132 e. The summed E-state index contributed by atoms with van der Waals surface area (Å²) in [6.45, 7) is 6.34. The van der Waals surface area contributed by atoms with E-state index in [-0.39, 0.29) is 0 Å². The third-order valence-corrected chi connectivity index (χ3v) is 3.06. The Hall–Kier alpha value is -1.67. The SMILES string of the molecule is CCc1cc(N2CCN(CC#N)CC2)ncn1. The van der Waals surface area contributed by atoms with Crippen molar-refractivity contribution in [2.75, 3.05) is 37.6 Å². The van der Waals surface area contributed by atoms with Crippen LogP contribution in [0, 0.1) is 11.3 Å². The molecule has 0 unspecified atom stereocenters. The second kappa shape index (κ2) is 5.60. The van der Waals surface area contributed by atoms with Crippen LogP contribution in [0.3, 0.4) is 0 Å². The predicted octanol–water partition coefficient (Wildman–Crippen LogP) is 0.685. The van der Waals surface area contributed by atoms with Crippen molar-refractivity contribution in [1.82, 2.24) is 14.9 Å². The van der Waals surface area contributed by atoms with Crippen molar-refractivity contribution in [2.24, 2.45) is 0 Å². The Morgan fingerprint density at radius 1 is 1.29 bits per heavy atom. The molecule has 0 amide bonds. The molecule has 0 radical (unpaired) electrons. The summed E-state index contributed by atoms with van der Waals surface area (Å²) in [7, 11) is 0. The molecule has 1 fully saturated rings. The molecule has 2 heterocycles. The zero-order chi connectivity index (χ0) is 12.1. The Bertz CT molecular complexity index is 404. The van der Waals surface area contributed by atoms with Crippen LogP contribution in [0.2, 0.25) is 0 Å². The van der Waals surface area contributed by atoms with E-state index >= 15 is 0 Å². The molecule has 0 spiro atoms. The van der Waals surface area contributed by atoms with Gasteiger partial charge in [-0.1, -0.05) is 6.92 Å². The highest BCUT2D eigenvalue weighted by molar-refractivity contribution is 5.39. The molecule has 0 aliphatic carbocycles. The van der Waals surface area contributed by atoms with Crippen LogP contribution in [0.15, 0.2) is 12.4 Å². The lowest BCUT2D eigenvalue weighted by Gasteiger charge is -2.34. The maximum absolute atomic E-state index is 8.64. The summed E-state index contributed by atoms with van der Waals surface area (Å²) in [6, 6.07) is 4.25. The van der Waals surface area contributed by atoms with Gasteiger partial charge in [0, 0.05) is 37.9 Å². The average Bonchev–Trinajstić information content (AvgIpc) is 2.40. The molecule has 17 heavy (non-hydrogen) atoms. The van der Waals surface area contributed by atoms with Gasteiger partial charge in [-0.25, -0.2) is 9.97 Å². The van der Waals surface area contributed by atoms with Crippen molar-refractivity contribution in [3.8, 4) is 6.07 Å². The van der Waals surface area contributed by atoms with Crippen LogP contribution in [0.1, 0.15) is 12.6 Å². The molecule has 5 heteroatoms. The fourth-order valence-electron chi connectivity index (χ4n) is 1.99. The van der Waals surface area contributed by atoms with E-state index in [9.17, 15) is 0 Å². The first-order valence-corrected chi connectivity index (χ1v) is 5.98. The van der Waals surface area contributed by atoms with Crippen molar-refractivity contribution in [3.63, 3.8) is 0 Å². The number of nitrogens with zero attached hydrogens (tertiary/aromatic N) is 5. The van der Waals surface area contributed by atoms with Gasteiger partial charge in [0.1, 0.15) is 12.1 Å². The summed E-state index contributed by atoms with van der Waals surface area (Å²) in [6.07, 6.45) is 2.57. The Balaban J connectivity index is 1.98. The number of piperazine rings is 1. The molecule has 1 aromatic rings. The Kier molecular flexibility index (Phi) is 3.89. The zero-order valence-electron chi connectivity index (χ0n) is 10.1. The molecule has 0 aromatic carbocycles. The van der Waals surface area contributed by atoms with E-state index in [4.69, 9.17) is 5.26 Å². The normalized spacial score (nSPS) is 16.8. The van der Waals surface area contributed by atoms with Gasteiger partial charge in [-0.15, -0.1) is 0 Å². The van der Waals surface area contributed by atoms with Gasteiger partial charge in [0.25, 0.3) is 0 Å². The van der Waals surface area contributed by atoms with Crippen molar-refractivity contribution in [3.05, 3.63) is 18.1 Å². The van der Waals surface area contributed by atoms with Crippen LogP contribution in [0.25, 0.3) is 0 Å². The quantitative estimate of drug-likeness (QED) is 0.716. The molecule has 1 aromatic heterocycles. The van der Waals surface area contributed by atoms with E-state index in [1.807, 2.05) is 0 Å². The van der Waals surface area contributed by atoms with Crippen LogP contribution in [0.5, 0.6) is 0 Å². The number of rotatable bonds is 3. The molecule has 90 valence electrons. The van der Waals surface area contributed by atoms with E-state index < -0.39 is 0 Å². The van der Waals surface area contributed by atoms with Gasteiger partial charge in [0.2, 0.25) is 0 Å². The van der Waals surface area contributed by atoms with E-state index in [1.165, 1.54) is 0 Å². The monoisotopic (exact) mass is 231 g/mol. The standard InChI is InChI=1S/C12H17N5/c1-2-11-9-12(15-10-14-11)17-7-5-16(4-3-13)6-8-17/h9-10H,2,4-8H2,1H3. The van der Waals surface area contributed by atoms with Crippen LogP contribution < -0.4 is 4.90 Å². The van der Waals surface area contributed by atoms with Gasteiger partial charge in [-0.3, -0.25) is 4.90 Å². The summed E-state index contributed by atoms with van der Waals surface area (Å²) in [5, 5.41) is 8.64. The van der Waals surface area contributed by atoms with Gasteiger partial charge in [-0.05, 0) is 6.42 Å². The minimum Gasteiger partial charge on any atom is -0.354 e. The first-order valence-electron chi connectivity index (χ1n) is 5.98. The number of nitriles is 1. The highest BCUT2D eigenvalue weighted by Gasteiger charge is 2.17. The fraction of sp³-hybridized carbons (Fsp3) is 0.583. The number of anilines is 1. The third kappa shape index (κ3) is 2.92. The second-order valence-electron chi connectivity index (χ2n) is 4.14. The predicted molar refractivity (Wildman–Crippen MR) is 65.7 cm³/mol. The summed E-state index contributed by atoms with van der Waals surface area (Å²) in [5.41, 5.74) is 1.08. The fourth-order valence-corrected chi connectivity index (χ4v) is 1.99. The van der Waals surface area contributed by atoms with Gasteiger partial charge in [0.05, 0.1) is 12.6 Å². The first kappa shape index (κ1) is 11.8. The van der Waals surface area contributed by atoms with Gasteiger partial charge >= 0.3 is 0 Å². The largest absolute Gasteiger partial charge is 0.354 e. The minimum absolute atomic E-state index is 0.526. The topological polar surface area (TPSA) is 56.0 Å². The second-order valence-corrected chi connectivity index (χ2v) is 4.14. The number of aromatic nitrogens is 2. The molecule has 0 atom stereocenters. The van der Waals surface area contributed by atoms with Gasteiger partial charge < -0.3 is 4.90 Å². The molecular formula is C12H17N5. The molecular weight excluding hydrogens is 214 g/mol. The van der Waals surface area contributed by atoms with Crippen molar-refractivity contribution in [1.29, 1.82) is 5.26 Å². The molecule has 5 nitrogen and oxygen atoms in total. The highest BCUT2D eigenvalue weighted by atomic mass is 15.3. The summed E-state index contributed by atoms with van der Waals surface area (Å²) < 4.78 is 0. The Labute approximate surface area is 102 Å². The van der Waals surface area contributed by atoms with Crippen molar-refractivity contribution in [2.45, 2.75) is 13.3 Å². The molecule has 2 rings (SSSR count). The lowest BCUT2D eigenvalue weighted by atomic mass is 10.2. The Morgan fingerprint density at radius 3 is 2.71 bits per heavy atom. The number of aryl methyl sites for hydroxylation is 1. The lowest BCUT2D eigenvalue weighted by molar-refractivity contribution is 0.286. The molecule has 0 N–H and O–H groups in total. The maximum Gasteiger partial charge on any atom is 0.132 e. The van der Waals surface area contributed by atoms with Crippen molar-refractivity contribution >= 4 is 5.82 Å². The molecule has 0 bridgehead atoms. The van der Waals surface area contributed by atoms with Crippen LogP contribution in [-0.4, -0.2) is 47.6 Å². The van der Waals surface area contributed by atoms with E-state index in [2.05, 4.69) is 38.8 Å². The molecule has 1 aliphatic heterocycles. The molecule has 0 saturated carbocycles. The third-order valence-electron chi connectivity index (χ3n) is 3.06. The molecule has 1 aliphatic rings. The van der Waals surface area contributed by atoms with E-state index in [1.54, 1.807) is 6.33 Å². The zero-order valence-corrected chi connectivity index (χ0v) is 10.1. The first-order chi connectivity index (χ1) is 8.33. The summed E-state index contributed by atoms with van der Waals surface area (Å²) in [5.74, 6) is 1.01. The van der Waals surface area contributed by atoms with Crippen LogP contribution >= 0.6 is 0 Å². The number of hydrogen-bond donors (Lipinski definition) is 0. The van der Waals surface area contributed by atoms with Crippen LogP contribution in [0.4, 0.5) is 5.82 Å². The minimum atomic E-state index is 0.526. The van der Waals surface area contributed by atoms with Crippen molar-refractivity contribution < 1.29 is 0 Å². The lowest BCUT2D eigenvalue weighted by Crippen LogP contribution is -2.46. The highest BCUT2D eigenvalue weighted by Crippen LogP contribution is 2.13. The molecule has 1 saturated heterocycles. The summed E-state index contributed by atoms with van der Waals surface area (Å²) >= 11 is 0.